The average Bonchev–Trinajstić information content (AvgIpc) is 4.34. The molecule has 6 aliphatic heterocycles. The average molecular weight is 1070 g/mol. The van der Waals surface area contributed by atoms with E-state index in [0.717, 1.165) is 0 Å². The number of hydrogen-bond acceptors (Lipinski definition) is 10. The zero-order chi connectivity index (χ0) is 53.8. The highest BCUT2D eigenvalue weighted by molar-refractivity contribution is 6.78. The minimum absolute atomic E-state index is 0.157. The summed E-state index contributed by atoms with van der Waals surface area (Å²) < 4.78 is 155. The van der Waals surface area contributed by atoms with Crippen molar-refractivity contribution >= 4 is 60.7 Å². The molecule has 25 heteroatoms. The Labute approximate surface area is 450 Å². The van der Waals surface area contributed by atoms with Gasteiger partial charge in [0.15, 0.2) is 59.7 Å². The molecular weight excluding hydrogens is 1040 g/mol. The minimum atomic E-state index is -2.96. The van der Waals surface area contributed by atoms with Crippen LogP contribution in [0.3, 0.4) is 0 Å². The van der Waals surface area contributed by atoms with Crippen LogP contribution in [0.2, 0.25) is 0 Å². The van der Waals surface area contributed by atoms with Crippen LogP contribution in [0.25, 0.3) is 0 Å². The van der Waals surface area contributed by atoms with E-state index in [1.165, 1.54) is 91.0 Å². The highest BCUT2D eigenvalue weighted by atomic mass is 19.1. The molecule has 5 aromatic carbocycles. The largest absolute Gasteiger partial charge is 0.684 e. The van der Waals surface area contributed by atoms with Gasteiger partial charge in [0.05, 0.1) is 0 Å². The Morgan fingerprint density at radius 3 is 0.575 bits per heavy atom. The van der Waals surface area contributed by atoms with E-state index in [4.69, 9.17) is 46.5 Å². The number of aromatic nitrogens is 5. The van der Waals surface area contributed by atoms with Gasteiger partial charge in [-0.15, -0.1) is 0 Å². The third kappa shape index (κ3) is 6.56. The normalized spacial score (nSPS) is 23.3. The van der Waals surface area contributed by atoms with Gasteiger partial charge in [0.2, 0.25) is 0 Å². The van der Waals surface area contributed by atoms with Gasteiger partial charge < -0.3 is 68.9 Å². The van der Waals surface area contributed by atoms with Crippen LogP contribution in [0.4, 0.5) is 22.0 Å². The number of nitrogens with zero attached hydrogens (tertiary/aromatic N) is 5. The quantitative estimate of drug-likeness (QED) is 0.189. The minimum Gasteiger partial charge on any atom is -0.616 e. The fourth-order valence-corrected chi connectivity index (χ4v) is 12.0. The second-order valence-electron chi connectivity index (χ2n) is 20.4. The van der Waals surface area contributed by atoms with Gasteiger partial charge in [-0.05, 0) is 88.0 Å². The number of rotatable bonds is 5. The molecule has 15 bridgehead atoms. The molecule has 0 radical (unpaired) electrons. The Bertz CT molecular complexity index is 3730. The van der Waals surface area contributed by atoms with Crippen LogP contribution in [0.1, 0.15) is 0 Å². The van der Waals surface area contributed by atoms with Gasteiger partial charge in [0.1, 0.15) is 88.8 Å². The molecule has 0 N–H and O–H groups in total. The first-order valence-corrected chi connectivity index (χ1v) is 25.6. The molecule has 0 saturated carbocycles. The van der Waals surface area contributed by atoms with Gasteiger partial charge in [-0.2, -0.15) is 0 Å². The van der Waals surface area contributed by atoms with Crippen LogP contribution in [-0.4, -0.2) is 33.4 Å². The second kappa shape index (κ2) is 16.2. The third-order valence-electron chi connectivity index (χ3n) is 15.7. The summed E-state index contributed by atoms with van der Waals surface area (Å²) >= 11 is 0. The van der Waals surface area contributed by atoms with Gasteiger partial charge in [-0.25, -0.2) is 22.0 Å². The van der Waals surface area contributed by atoms with Crippen molar-refractivity contribution in [1.82, 2.24) is 0 Å². The van der Waals surface area contributed by atoms with Crippen LogP contribution < -0.4 is 96.2 Å². The molecule has 390 valence electrons. The van der Waals surface area contributed by atoms with Gasteiger partial charge in [0, 0.05) is 30.3 Å². The summed E-state index contributed by atoms with van der Waals surface area (Å²) in [4.78, 5) is 0. The van der Waals surface area contributed by atoms with E-state index in [-0.39, 0.29) is 84.8 Å². The third-order valence-corrected chi connectivity index (χ3v) is 15.7. The van der Waals surface area contributed by atoms with Gasteiger partial charge in [-0.3, -0.25) is 0 Å². The second-order valence-corrected chi connectivity index (χ2v) is 20.4. The first-order chi connectivity index (χ1) is 38.9. The first-order valence-electron chi connectivity index (χ1n) is 25.6. The summed E-state index contributed by atoms with van der Waals surface area (Å²) in [5.41, 5.74) is 1.39. The molecule has 10 aromatic rings. The summed E-state index contributed by atoms with van der Waals surface area (Å²) in [6.07, 6.45) is 16.1. The number of halogens is 5. The van der Waals surface area contributed by atoms with E-state index < -0.39 is 62.5 Å². The highest BCUT2D eigenvalue weighted by Crippen LogP contribution is 2.43. The highest BCUT2D eigenvalue weighted by Gasteiger charge is 2.61. The van der Waals surface area contributed by atoms with Crippen molar-refractivity contribution in [2.24, 2.45) is 0 Å². The van der Waals surface area contributed by atoms with Gasteiger partial charge >= 0.3 is 33.4 Å². The Hall–Kier alpha value is -10.2. The molecule has 15 nitrogen and oxygen atoms in total. The zero-order valence-corrected chi connectivity index (χ0v) is 41.3. The molecule has 11 heterocycles. The summed E-state index contributed by atoms with van der Waals surface area (Å²) in [7, 11) is 0. The summed E-state index contributed by atoms with van der Waals surface area (Å²) in [6.45, 7) is -14.8. The van der Waals surface area contributed by atoms with Crippen molar-refractivity contribution in [2.45, 2.75) is 0 Å². The van der Waals surface area contributed by atoms with E-state index >= 15 is 22.0 Å². The maximum Gasteiger partial charge on any atom is 0.684 e. The van der Waals surface area contributed by atoms with Crippen LogP contribution in [0.15, 0.2) is 214 Å². The SMILES string of the molecule is Fc1cccc([B-]23Oc4cc[n+](cc4O2)[B-]2(c4cccc(F)c4)Oc4cc[n+](cc4O2)[B-]2(c4cccc(F)c4)Oc4cc[n+](cc4O2)[B-]2(c4cccc(F)c4)Oc4cc[n+](cc4O2)[B-]2(c4cccc(F)c4)Oc4cc[n+]3cc4O2)c1. The standard InChI is InChI=1S/C55H35B5F5N5O10/c61-41-11-1-6-36(26-41)56-66-21-16-47-52(31-66)77-58(72-47,38-8-3-13-43(63)28-38)68-23-18-49-54(33-68)79-60(74-49,40-10-5-15-45(65)30-40)70-25-20-50-55(35-70)80-59(75-50,39-9-4-14-44(64)29-39)69-24-19-48-53(34-69)78-57(73-48,37-7-2-12-42(62)27-37)67-22-17-46(71-56)51(32-67)76-56/h1-35H. The van der Waals surface area contributed by atoms with Crippen molar-refractivity contribution in [3.63, 3.8) is 0 Å². The Balaban J connectivity index is 0.932. The van der Waals surface area contributed by atoms with E-state index in [1.54, 1.807) is 145 Å². The van der Waals surface area contributed by atoms with Crippen molar-refractivity contribution in [3.05, 3.63) is 243 Å². The smallest absolute Gasteiger partial charge is 0.616 e. The fourth-order valence-electron chi connectivity index (χ4n) is 12.0. The molecule has 5 aromatic heterocycles. The molecule has 0 spiro atoms. The Kier molecular flexibility index (Phi) is 9.30. The van der Waals surface area contributed by atoms with Crippen molar-refractivity contribution in [1.29, 1.82) is 0 Å². The maximum absolute atomic E-state index is 15.5. The lowest BCUT2D eigenvalue weighted by Crippen LogP contribution is -2.78. The summed E-state index contributed by atoms with van der Waals surface area (Å²) in [5, 5.41) is 0. The van der Waals surface area contributed by atoms with E-state index in [1.807, 2.05) is 0 Å². The molecule has 80 heavy (non-hydrogen) atoms. The number of pyridine rings is 5. The molecule has 0 fully saturated rings. The Morgan fingerprint density at radius 2 is 0.400 bits per heavy atom. The number of benzene rings is 5. The van der Waals surface area contributed by atoms with Crippen molar-refractivity contribution < 1.29 is 90.9 Å². The van der Waals surface area contributed by atoms with E-state index in [2.05, 4.69) is 0 Å². The molecule has 6 aliphatic rings. The first kappa shape index (κ1) is 46.0. The van der Waals surface area contributed by atoms with E-state index in [9.17, 15) is 0 Å². The fraction of sp³-hybridized carbons (Fsp3) is 0. The molecule has 0 aliphatic carbocycles. The summed E-state index contributed by atoms with van der Waals surface area (Å²) in [6, 6.07) is 37.0. The van der Waals surface area contributed by atoms with Crippen molar-refractivity contribution in [2.75, 3.05) is 0 Å². The van der Waals surface area contributed by atoms with Crippen LogP contribution in [0.5, 0.6) is 57.5 Å². The summed E-state index contributed by atoms with van der Waals surface area (Å²) in [5.74, 6) is -0.939. The predicted molar refractivity (Wildman–Crippen MR) is 275 cm³/mol. The lowest BCUT2D eigenvalue weighted by atomic mass is 9.63. The maximum atomic E-state index is 15.5. The molecule has 16 rings (SSSR count). The number of hydrogen-bond donors (Lipinski definition) is 0. The van der Waals surface area contributed by atoms with Crippen LogP contribution in [0, 0.1) is 29.1 Å². The van der Waals surface area contributed by atoms with Crippen molar-refractivity contribution in [3.8, 4) is 57.5 Å². The van der Waals surface area contributed by atoms with Crippen LogP contribution in [-0.2, 0) is 0 Å². The van der Waals surface area contributed by atoms with E-state index in [0.29, 0.717) is 0 Å². The molecule has 5 unspecified atom stereocenters. The van der Waals surface area contributed by atoms with Gasteiger partial charge in [0.25, 0.3) is 0 Å². The molecule has 0 amide bonds. The molecule has 5 atom stereocenters. The van der Waals surface area contributed by atoms with Crippen LogP contribution >= 0.6 is 0 Å². The topological polar surface area (TPSA) is 112 Å². The monoisotopic (exact) mass is 1080 g/mol. The van der Waals surface area contributed by atoms with Gasteiger partial charge in [-0.1, -0.05) is 60.7 Å². The lowest BCUT2D eigenvalue weighted by Gasteiger charge is -2.29. The molecular formula is C55H35B5F5N5O10. The predicted octanol–water partition coefficient (Wildman–Crippen LogP) is 2.96. The zero-order valence-electron chi connectivity index (χ0n) is 41.3. The lowest BCUT2D eigenvalue weighted by molar-refractivity contribution is -0.571. The number of fused-ring (bicyclic) bond motifs is 15. The Morgan fingerprint density at radius 1 is 0.225 bits per heavy atom. The molecule has 0 saturated heterocycles.